The Morgan fingerprint density at radius 3 is 2.07 bits per heavy atom. The molecule has 29 heavy (non-hydrogen) atoms. The maximum absolute atomic E-state index is 13.4. The van der Waals surface area contributed by atoms with Gasteiger partial charge in [0.15, 0.2) is 0 Å². The summed E-state index contributed by atoms with van der Waals surface area (Å²) in [5.74, 6) is -0.264. The Balaban J connectivity index is 1.58. The van der Waals surface area contributed by atoms with E-state index in [2.05, 4.69) is 14.9 Å². The van der Waals surface area contributed by atoms with Crippen LogP contribution in [0.15, 0.2) is 54.7 Å². The Morgan fingerprint density at radius 2 is 1.45 bits per heavy atom. The van der Waals surface area contributed by atoms with E-state index in [9.17, 15) is 8.78 Å². The molecule has 4 rings (SSSR count). The molecule has 0 unspecified atom stereocenters. The minimum Gasteiger partial charge on any atom is -0.475 e. The third kappa shape index (κ3) is 4.93. The normalized spacial score (nSPS) is 14.7. The molecule has 0 radical (unpaired) electrons. The zero-order valence-corrected chi connectivity index (χ0v) is 15.9. The first kappa shape index (κ1) is 19.4. The number of nitrogens with zero attached hydrogens (tertiary/aromatic N) is 3. The Hall–Kier alpha value is -2.90. The molecule has 150 valence electrons. The van der Waals surface area contributed by atoms with E-state index in [0.29, 0.717) is 29.4 Å². The highest BCUT2D eigenvalue weighted by Gasteiger charge is 2.14. The van der Waals surface area contributed by atoms with Crippen molar-refractivity contribution in [1.29, 1.82) is 0 Å². The molecule has 1 aliphatic heterocycles. The van der Waals surface area contributed by atoms with Crippen LogP contribution in [-0.4, -0.2) is 54.3 Å². The Labute approximate surface area is 167 Å². The van der Waals surface area contributed by atoms with Crippen LogP contribution in [0, 0.1) is 11.6 Å². The number of aromatic nitrogens is 2. The van der Waals surface area contributed by atoms with Crippen LogP contribution < -0.4 is 4.74 Å². The molecule has 1 fully saturated rings. The van der Waals surface area contributed by atoms with E-state index < -0.39 is 0 Å². The SMILES string of the molecule is Fc1ccc(-c2ncc(OCCN3CCOCC3)nc2-c2ccc(F)cc2)cc1. The topological polar surface area (TPSA) is 47.5 Å². The van der Waals surface area contributed by atoms with Crippen LogP contribution in [-0.2, 0) is 4.74 Å². The molecule has 2 aromatic carbocycles. The zero-order valence-electron chi connectivity index (χ0n) is 15.9. The van der Waals surface area contributed by atoms with Crippen LogP contribution in [0.1, 0.15) is 0 Å². The number of morpholine rings is 1. The maximum Gasteiger partial charge on any atom is 0.232 e. The smallest absolute Gasteiger partial charge is 0.232 e. The van der Waals surface area contributed by atoms with Crippen LogP contribution in [0.2, 0.25) is 0 Å². The van der Waals surface area contributed by atoms with E-state index >= 15 is 0 Å². The second kappa shape index (κ2) is 9.07. The van der Waals surface area contributed by atoms with Gasteiger partial charge in [0.25, 0.3) is 0 Å². The largest absolute Gasteiger partial charge is 0.475 e. The molecule has 1 aliphatic rings. The van der Waals surface area contributed by atoms with Gasteiger partial charge in [-0.25, -0.2) is 18.7 Å². The third-order valence-corrected chi connectivity index (χ3v) is 4.75. The molecule has 0 amide bonds. The Bertz CT molecular complexity index is 943. The molecule has 0 N–H and O–H groups in total. The second-order valence-electron chi connectivity index (χ2n) is 6.72. The van der Waals surface area contributed by atoms with Gasteiger partial charge >= 0.3 is 0 Å². The first-order valence-corrected chi connectivity index (χ1v) is 9.51. The van der Waals surface area contributed by atoms with Crippen LogP contribution in [0.3, 0.4) is 0 Å². The summed E-state index contributed by atoms with van der Waals surface area (Å²) in [5.41, 5.74) is 2.56. The summed E-state index contributed by atoms with van der Waals surface area (Å²) >= 11 is 0. The molecule has 0 atom stereocenters. The zero-order chi connectivity index (χ0) is 20.1. The lowest BCUT2D eigenvalue weighted by Crippen LogP contribution is -2.38. The third-order valence-electron chi connectivity index (χ3n) is 4.75. The van der Waals surface area contributed by atoms with Crippen LogP contribution in [0.5, 0.6) is 5.88 Å². The van der Waals surface area contributed by atoms with E-state index in [0.717, 1.165) is 38.4 Å². The van der Waals surface area contributed by atoms with Gasteiger partial charge in [-0.15, -0.1) is 0 Å². The molecule has 1 aromatic heterocycles. The monoisotopic (exact) mass is 397 g/mol. The summed E-state index contributed by atoms with van der Waals surface area (Å²) in [6, 6.07) is 12.1. The molecule has 0 spiro atoms. The van der Waals surface area contributed by atoms with Gasteiger partial charge in [0, 0.05) is 30.8 Å². The molecule has 5 nitrogen and oxygen atoms in total. The molecule has 7 heteroatoms. The highest BCUT2D eigenvalue weighted by Crippen LogP contribution is 2.30. The van der Waals surface area contributed by atoms with E-state index in [1.165, 1.54) is 24.3 Å². The molecule has 3 aromatic rings. The minimum atomic E-state index is -0.331. The maximum atomic E-state index is 13.4. The van der Waals surface area contributed by atoms with Gasteiger partial charge in [-0.3, -0.25) is 4.90 Å². The van der Waals surface area contributed by atoms with Crippen molar-refractivity contribution in [2.45, 2.75) is 0 Å². The van der Waals surface area contributed by atoms with E-state index in [4.69, 9.17) is 9.47 Å². The van der Waals surface area contributed by atoms with Gasteiger partial charge in [0.2, 0.25) is 5.88 Å². The number of hydrogen-bond donors (Lipinski definition) is 0. The lowest BCUT2D eigenvalue weighted by atomic mass is 10.0. The van der Waals surface area contributed by atoms with Crippen molar-refractivity contribution in [3.8, 4) is 28.4 Å². The van der Waals surface area contributed by atoms with Crippen molar-refractivity contribution >= 4 is 0 Å². The molecule has 0 saturated carbocycles. The van der Waals surface area contributed by atoms with Gasteiger partial charge < -0.3 is 9.47 Å². The Morgan fingerprint density at radius 1 is 0.862 bits per heavy atom. The molecule has 1 saturated heterocycles. The molecular formula is C22H21F2N3O2. The van der Waals surface area contributed by atoms with Crippen LogP contribution >= 0.6 is 0 Å². The standard InChI is InChI=1S/C22H21F2N3O2/c23-18-5-1-16(2-6-18)21-22(17-3-7-19(24)8-4-17)26-20(15-25-21)29-14-11-27-9-12-28-13-10-27/h1-8,15H,9-14H2. The van der Waals surface area contributed by atoms with E-state index in [1.54, 1.807) is 30.5 Å². The summed E-state index contributed by atoms with van der Waals surface area (Å²) < 4.78 is 37.9. The first-order valence-electron chi connectivity index (χ1n) is 9.51. The van der Waals surface area contributed by atoms with Gasteiger partial charge in [-0.05, 0) is 48.5 Å². The summed E-state index contributed by atoms with van der Waals surface area (Å²) in [4.78, 5) is 11.4. The fourth-order valence-corrected chi connectivity index (χ4v) is 3.17. The van der Waals surface area contributed by atoms with Gasteiger partial charge in [0.05, 0.1) is 25.1 Å². The predicted molar refractivity (Wildman–Crippen MR) is 106 cm³/mol. The van der Waals surface area contributed by atoms with Crippen molar-refractivity contribution < 1.29 is 18.3 Å². The van der Waals surface area contributed by atoms with E-state index in [1.807, 2.05) is 0 Å². The number of benzene rings is 2. The minimum absolute atomic E-state index is 0.326. The molecule has 0 bridgehead atoms. The van der Waals surface area contributed by atoms with Crippen molar-refractivity contribution in [2.24, 2.45) is 0 Å². The van der Waals surface area contributed by atoms with Crippen molar-refractivity contribution in [3.63, 3.8) is 0 Å². The fraction of sp³-hybridized carbons (Fsp3) is 0.273. The highest BCUT2D eigenvalue weighted by atomic mass is 19.1. The summed E-state index contributed by atoms with van der Waals surface area (Å²) in [6.07, 6.45) is 1.56. The average Bonchev–Trinajstić information content (AvgIpc) is 2.76. The van der Waals surface area contributed by atoms with E-state index in [-0.39, 0.29) is 11.6 Å². The lowest BCUT2D eigenvalue weighted by molar-refractivity contribution is 0.0320. The number of ether oxygens (including phenoxy) is 2. The van der Waals surface area contributed by atoms with Crippen molar-refractivity contribution in [3.05, 3.63) is 66.4 Å². The molecule has 2 heterocycles. The fourth-order valence-electron chi connectivity index (χ4n) is 3.17. The van der Waals surface area contributed by atoms with Gasteiger partial charge in [-0.1, -0.05) is 0 Å². The lowest BCUT2D eigenvalue weighted by Gasteiger charge is -2.26. The average molecular weight is 397 g/mol. The molecule has 0 aliphatic carbocycles. The number of hydrogen-bond acceptors (Lipinski definition) is 5. The van der Waals surface area contributed by atoms with Crippen LogP contribution in [0.4, 0.5) is 8.78 Å². The van der Waals surface area contributed by atoms with Gasteiger partial charge in [0.1, 0.15) is 23.9 Å². The van der Waals surface area contributed by atoms with Crippen LogP contribution in [0.25, 0.3) is 22.5 Å². The van der Waals surface area contributed by atoms with Gasteiger partial charge in [-0.2, -0.15) is 0 Å². The Kier molecular flexibility index (Phi) is 6.07. The molecular weight excluding hydrogens is 376 g/mol. The summed E-state index contributed by atoms with van der Waals surface area (Å²) in [6.45, 7) is 4.50. The predicted octanol–water partition coefficient (Wildman–Crippen LogP) is 3.80. The first-order chi connectivity index (χ1) is 14.2. The quantitative estimate of drug-likeness (QED) is 0.633. The second-order valence-corrected chi connectivity index (χ2v) is 6.72. The van der Waals surface area contributed by atoms with Crippen molar-refractivity contribution in [1.82, 2.24) is 14.9 Å². The number of rotatable bonds is 6. The number of halogens is 2. The summed E-state index contributed by atoms with van der Waals surface area (Å²) in [5, 5.41) is 0. The summed E-state index contributed by atoms with van der Waals surface area (Å²) in [7, 11) is 0. The van der Waals surface area contributed by atoms with Crippen molar-refractivity contribution in [2.75, 3.05) is 39.5 Å². The highest BCUT2D eigenvalue weighted by molar-refractivity contribution is 5.77.